The van der Waals surface area contributed by atoms with Gasteiger partial charge in [0.15, 0.2) is 0 Å². The third kappa shape index (κ3) is 2.49. The van der Waals surface area contributed by atoms with E-state index in [0.29, 0.717) is 22.3 Å². The molecule has 0 bridgehead atoms. The zero-order valence-electron chi connectivity index (χ0n) is 11.2. The Hall–Kier alpha value is -1.89. The van der Waals surface area contributed by atoms with Crippen LogP contribution in [-0.4, -0.2) is 18.4 Å². The van der Waals surface area contributed by atoms with E-state index in [0.717, 1.165) is 5.56 Å². The molecular formula is C15H11ClO5S. The van der Waals surface area contributed by atoms with Crippen LogP contribution < -0.4 is 0 Å². The van der Waals surface area contributed by atoms with Crippen molar-refractivity contribution in [2.75, 3.05) is 0 Å². The molecule has 0 fully saturated rings. The lowest BCUT2D eigenvalue weighted by atomic mass is 10.0. The van der Waals surface area contributed by atoms with Gasteiger partial charge in [-0.3, -0.25) is 4.55 Å². The smallest absolute Gasteiger partial charge is 0.404 e. The van der Waals surface area contributed by atoms with Gasteiger partial charge in [-0.25, -0.2) is 4.79 Å². The van der Waals surface area contributed by atoms with E-state index < -0.39 is 20.8 Å². The van der Waals surface area contributed by atoms with Crippen molar-refractivity contribution in [3.8, 4) is 11.1 Å². The Labute approximate surface area is 132 Å². The molecule has 114 valence electrons. The van der Waals surface area contributed by atoms with Crippen LogP contribution >= 0.6 is 11.6 Å². The summed E-state index contributed by atoms with van der Waals surface area (Å²) in [4.78, 5) is 10.8. The van der Waals surface area contributed by atoms with E-state index in [1.165, 1.54) is 0 Å². The van der Waals surface area contributed by atoms with Gasteiger partial charge in [0.25, 0.3) is 10.1 Å². The summed E-state index contributed by atoms with van der Waals surface area (Å²) in [5.74, 6) is 0. The first kappa shape index (κ1) is 15.0. The summed E-state index contributed by atoms with van der Waals surface area (Å²) in [6.07, 6.45) is 0. The summed E-state index contributed by atoms with van der Waals surface area (Å²) < 4.78 is 38.2. The quantitative estimate of drug-likeness (QED) is 0.684. The van der Waals surface area contributed by atoms with Gasteiger partial charge in [-0.1, -0.05) is 42.5 Å². The normalized spacial score (nSPS) is 16.0. The number of carbonyl (C=O) groups excluding carboxylic acids is 1. The minimum absolute atomic E-state index is 0.161. The molecule has 0 radical (unpaired) electrons. The molecule has 2 aromatic carbocycles. The van der Waals surface area contributed by atoms with Crippen molar-refractivity contribution in [2.24, 2.45) is 0 Å². The third-order valence-electron chi connectivity index (χ3n) is 3.63. The van der Waals surface area contributed by atoms with Gasteiger partial charge in [0, 0.05) is 11.6 Å². The van der Waals surface area contributed by atoms with Crippen molar-refractivity contribution < 1.29 is 22.5 Å². The van der Waals surface area contributed by atoms with Gasteiger partial charge in [0.2, 0.25) is 0 Å². The maximum Gasteiger partial charge on any atom is 0.404 e. The minimum Gasteiger partial charge on any atom is -0.449 e. The fourth-order valence-electron chi connectivity index (χ4n) is 2.85. The van der Waals surface area contributed by atoms with Crippen molar-refractivity contribution in [3.05, 3.63) is 59.2 Å². The highest BCUT2D eigenvalue weighted by Gasteiger charge is 2.38. The van der Waals surface area contributed by atoms with Gasteiger partial charge in [0.05, 0.1) is 0 Å². The van der Waals surface area contributed by atoms with E-state index in [-0.39, 0.29) is 6.61 Å². The first-order valence-electron chi connectivity index (χ1n) is 6.39. The highest BCUT2D eigenvalue weighted by Crippen LogP contribution is 2.48. The minimum atomic E-state index is -4.36. The lowest BCUT2D eigenvalue weighted by Crippen LogP contribution is -2.13. The van der Waals surface area contributed by atoms with Crippen molar-refractivity contribution in [3.63, 3.8) is 0 Å². The van der Waals surface area contributed by atoms with E-state index in [4.69, 9.17) is 16.3 Å². The SMILES string of the molecule is O=C(Cl)OCc1cccc2c1C(S(=O)(=O)O)c1ccccc1-2. The van der Waals surface area contributed by atoms with E-state index in [1.54, 1.807) is 42.5 Å². The second kappa shape index (κ2) is 5.39. The van der Waals surface area contributed by atoms with Gasteiger partial charge < -0.3 is 4.74 Å². The summed E-state index contributed by atoms with van der Waals surface area (Å²) in [7, 11) is -4.36. The molecular weight excluding hydrogens is 328 g/mol. The van der Waals surface area contributed by atoms with E-state index in [9.17, 15) is 17.8 Å². The summed E-state index contributed by atoms with van der Waals surface area (Å²) in [6.45, 7) is -0.161. The molecule has 0 spiro atoms. The number of halogens is 1. The van der Waals surface area contributed by atoms with Gasteiger partial charge in [0.1, 0.15) is 11.9 Å². The van der Waals surface area contributed by atoms with Crippen LogP contribution in [-0.2, 0) is 21.5 Å². The number of ether oxygens (including phenoxy) is 1. The Kier molecular flexibility index (Phi) is 3.68. The molecule has 0 aromatic heterocycles. The molecule has 1 atom stereocenters. The second-order valence-corrected chi connectivity index (χ2v) is 6.70. The Balaban J connectivity index is 2.22. The molecule has 0 saturated heterocycles. The van der Waals surface area contributed by atoms with E-state index in [1.807, 2.05) is 0 Å². The summed E-state index contributed by atoms with van der Waals surface area (Å²) >= 11 is 5.17. The molecule has 0 heterocycles. The topological polar surface area (TPSA) is 80.7 Å². The van der Waals surface area contributed by atoms with Crippen LogP contribution in [0.2, 0.25) is 0 Å². The Morgan fingerprint density at radius 1 is 1.14 bits per heavy atom. The fraction of sp³-hybridized carbons (Fsp3) is 0.133. The molecule has 1 aliphatic carbocycles. The van der Waals surface area contributed by atoms with Crippen LogP contribution in [0.25, 0.3) is 11.1 Å². The molecule has 22 heavy (non-hydrogen) atoms. The summed E-state index contributed by atoms with van der Waals surface area (Å²) in [5, 5.41) is -1.19. The predicted octanol–water partition coefficient (Wildman–Crippen LogP) is 3.52. The number of rotatable bonds is 3. The number of hydrogen-bond acceptors (Lipinski definition) is 4. The Morgan fingerprint density at radius 3 is 2.50 bits per heavy atom. The molecule has 2 aromatic rings. The zero-order valence-corrected chi connectivity index (χ0v) is 12.8. The van der Waals surface area contributed by atoms with Crippen molar-refractivity contribution in [2.45, 2.75) is 11.9 Å². The maximum absolute atomic E-state index is 11.9. The molecule has 0 aliphatic heterocycles. The number of hydrogen-bond donors (Lipinski definition) is 1. The molecule has 7 heteroatoms. The van der Waals surface area contributed by atoms with Crippen LogP contribution in [0.4, 0.5) is 4.79 Å². The highest BCUT2D eigenvalue weighted by molar-refractivity contribution is 7.86. The average molecular weight is 339 g/mol. The third-order valence-corrected chi connectivity index (χ3v) is 4.83. The lowest BCUT2D eigenvalue weighted by Gasteiger charge is -2.14. The molecule has 1 unspecified atom stereocenters. The lowest BCUT2D eigenvalue weighted by molar-refractivity contribution is 0.167. The molecule has 1 N–H and O–H groups in total. The van der Waals surface area contributed by atoms with E-state index >= 15 is 0 Å². The number of benzene rings is 2. The van der Waals surface area contributed by atoms with Crippen LogP contribution in [0.1, 0.15) is 21.9 Å². The molecule has 3 rings (SSSR count). The van der Waals surface area contributed by atoms with E-state index in [2.05, 4.69) is 0 Å². The predicted molar refractivity (Wildman–Crippen MR) is 81.3 cm³/mol. The maximum atomic E-state index is 11.9. The van der Waals surface area contributed by atoms with Crippen LogP contribution in [0, 0.1) is 0 Å². The average Bonchev–Trinajstić information content (AvgIpc) is 2.80. The highest BCUT2D eigenvalue weighted by atomic mass is 35.5. The summed E-state index contributed by atoms with van der Waals surface area (Å²) in [5.41, 5.74) is 1.87. The zero-order chi connectivity index (χ0) is 15.9. The first-order valence-corrected chi connectivity index (χ1v) is 8.27. The second-order valence-electron chi connectivity index (χ2n) is 4.89. The van der Waals surface area contributed by atoms with Crippen LogP contribution in [0.15, 0.2) is 42.5 Å². The summed E-state index contributed by atoms with van der Waals surface area (Å²) in [6, 6.07) is 12.1. The van der Waals surface area contributed by atoms with Gasteiger partial charge >= 0.3 is 5.43 Å². The largest absolute Gasteiger partial charge is 0.449 e. The molecule has 5 nitrogen and oxygen atoms in total. The van der Waals surface area contributed by atoms with Gasteiger partial charge in [-0.15, -0.1) is 0 Å². The molecule has 0 saturated carbocycles. The van der Waals surface area contributed by atoms with Crippen LogP contribution in [0.5, 0.6) is 0 Å². The van der Waals surface area contributed by atoms with Gasteiger partial charge in [-0.2, -0.15) is 8.42 Å². The van der Waals surface area contributed by atoms with Gasteiger partial charge in [-0.05, 0) is 27.8 Å². The molecule has 0 amide bonds. The van der Waals surface area contributed by atoms with Crippen molar-refractivity contribution in [1.29, 1.82) is 0 Å². The number of carbonyl (C=O) groups is 1. The number of fused-ring (bicyclic) bond motifs is 3. The Morgan fingerprint density at radius 2 is 1.82 bits per heavy atom. The standard InChI is InChI=1S/C15H11ClO5S/c16-15(17)21-8-9-4-3-7-11-10-5-1-2-6-12(10)14(13(9)11)22(18,19)20/h1-7,14H,8H2,(H,18,19,20). The monoisotopic (exact) mass is 338 g/mol. The van der Waals surface area contributed by atoms with Crippen LogP contribution in [0.3, 0.4) is 0 Å². The fourth-order valence-corrected chi connectivity index (χ4v) is 4.01. The molecule has 1 aliphatic rings. The Bertz CT molecular complexity index is 860. The van der Waals surface area contributed by atoms with Crippen molar-refractivity contribution >= 4 is 27.1 Å². The van der Waals surface area contributed by atoms with Crippen molar-refractivity contribution in [1.82, 2.24) is 0 Å². The first-order chi connectivity index (χ1) is 10.4.